The highest BCUT2D eigenvalue weighted by atomic mass is 35.5. The van der Waals surface area contributed by atoms with Crippen molar-refractivity contribution >= 4 is 17.5 Å². The number of nitrogens with one attached hydrogen (secondary N) is 1. The average Bonchev–Trinajstić information content (AvgIpc) is 2.26. The van der Waals surface area contributed by atoms with Gasteiger partial charge in [0.25, 0.3) is 5.91 Å². The highest BCUT2D eigenvalue weighted by Crippen LogP contribution is 2.22. The van der Waals surface area contributed by atoms with Crippen molar-refractivity contribution < 1.29 is 9.53 Å². The van der Waals surface area contributed by atoms with Crippen LogP contribution in [0.1, 0.15) is 5.56 Å². The molecule has 0 fully saturated rings. The quantitative estimate of drug-likeness (QED) is 0.806. The van der Waals surface area contributed by atoms with Gasteiger partial charge in [-0.2, -0.15) is 0 Å². The first-order valence-electron chi connectivity index (χ1n) is 4.49. The van der Waals surface area contributed by atoms with Gasteiger partial charge in [0, 0.05) is 24.2 Å². The number of amides is 1. The van der Waals surface area contributed by atoms with Crippen LogP contribution in [-0.2, 0) is 11.3 Å². The van der Waals surface area contributed by atoms with E-state index in [-0.39, 0.29) is 12.5 Å². The molecule has 0 saturated heterocycles. The van der Waals surface area contributed by atoms with Gasteiger partial charge in [-0.1, -0.05) is 17.7 Å². The maximum absolute atomic E-state index is 11.0. The molecule has 0 aliphatic rings. The van der Waals surface area contributed by atoms with E-state index in [1.165, 1.54) is 0 Å². The Morgan fingerprint density at radius 1 is 1.60 bits per heavy atom. The number of hydrogen-bond donors (Lipinski definition) is 2. The lowest BCUT2D eigenvalue weighted by molar-refractivity contribution is -0.122. The molecular weight excluding hydrogens is 216 g/mol. The summed E-state index contributed by atoms with van der Waals surface area (Å²) in [6, 6.07) is 5.16. The first-order valence-corrected chi connectivity index (χ1v) is 4.87. The van der Waals surface area contributed by atoms with Gasteiger partial charge >= 0.3 is 0 Å². The largest absolute Gasteiger partial charge is 0.483 e. The Morgan fingerprint density at radius 3 is 2.93 bits per heavy atom. The lowest BCUT2D eigenvalue weighted by atomic mass is 10.2. The normalized spacial score (nSPS) is 9.80. The van der Waals surface area contributed by atoms with Crippen molar-refractivity contribution in [2.45, 2.75) is 6.54 Å². The highest BCUT2D eigenvalue weighted by Gasteiger charge is 2.05. The molecule has 5 heteroatoms. The Balaban J connectivity index is 2.74. The molecule has 0 saturated carbocycles. The molecule has 4 nitrogen and oxygen atoms in total. The molecule has 15 heavy (non-hydrogen) atoms. The molecule has 1 aromatic carbocycles. The summed E-state index contributed by atoms with van der Waals surface area (Å²) in [5.41, 5.74) is 6.34. The Bertz CT molecular complexity index is 355. The van der Waals surface area contributed by atoms with Crippen molar-refractivity contribution in [2.24, 2.45) is 5.73 Å². The summed E-state index contributed by atoms with van der Waals surface area (Å²) in [5, 5.41) is 3.01. The van der Waals surface area contributed by atoms with Crippen LogP contribution >= 0.6 is 11.6 Å². The van der Waals surface area contributed by atoms with Gasteiger partial charge in [-0.05, 0) is 12.1 Å². The lowest BCUT2D eigenvalue weighted by Crippen LogP contribution is -2.25. The van der Waals surface area contributed by atoms with Crippen LogP contribution in [0.2, 0.25) is 5.02 Å². The fraction of sp³-hybridized carbons (Fsp3) is 0.300. The minimum Gasteiger partial charge on any atom is -0.483 e. The average molecular weight is 229 g/mol. The standard InChI is InChI=1S/C10H13ClN2O2/c1-13-10(14)6-15-9-4-8(11)3-2-7(9)5-12/h2-4H,5-6,12H2,1H3,(H,13,14). The molecular formula is C10H13ClN2O2. The van der Waals surface area contributed by atoms with Gasteiger partial charge in [0.05, 0.1) is 0 Å². The molecule has 0 aromatic heterocycles. The van der Waals surface area contributed by atoms with Crippen molar-refractivity contribution in [3.63, 3.8) is 0 Å². The van der Waals surface area contributed by atoms with Crippen molar-refractivity contribution in [2.75, 3.05) is 13.7 Å². The molecule has 0 unspecified atom stereocenters. The first-order chi connectivity index (χ1) is 7.17. The number of nitrogens with two attached hydrogens (primary N) is 1. The van der Waals surface area contributed by atoms with Gasteiger partial charge in [-0.15, -0.1) is 0 Å². The maximum Gasteiger partial charge on any atom is 0.257 e. The number of likely N-dealkylation sites (N-methyl/N-ethyl adjacent to an activating group) is 1. The summed E-state index contributed by atoms with van der Waals surface area (Å²) in [6.07, 6.45) is 0. The molecule has 0 radical (unpaired) electrons. The van der Waals surface area contributed by atoms with Crippen LogP contribution in [0, 0.1) is 0 Å². The highest BCUT2D eigenvalue weighted by molar-refractivity contribution is 6.30. The lowest BCUT2D eigenvalue weighted by Gasteiger charge is -2.09. The fourth-order valence-electron chi connectivity index (χ4n) is 1.05. The molecule has 1 amide bonds. The van der Waals surface area contributed by atoms with Crippen LogP contribution in [0.4, 0.5) is 0 Å². The minimum atomic E-state index is -0.196. The Labute approximate surface area is 93.4 Å². The van der Waals surface area contributed by atoms with Crippen molar-refractivity contribution in [1.29, 1.82) is 0 Å². The van der Waals surface area contributed by atoms with E-state index >= 15 is 0 Å². The second-order valence-corrected chi connectivity index (χ2v) is 3.35. The molecule has 0 spiro atoms. The molecule has 0 aliphatic carbocycles. The second-order valence-electron chi connectivity index (χ2n) is 2.92. The third kappa shape index (κ3) is 3.42. The number of rotatable bonds is 4. The summed E-state index contributed by atoms with van der Waals surface area (Å²) in [4.78, 5) is 11.0. The van der Waals surface area contributed by atoms with Crippen LogP contribution in [0.3, 0.4) is 0 Å². The van der Waals surface area contributed by atoms with Gasteiger partial charge < -0.3 is 15.8 Å². The van der Waals surface area contributed by atoms with Gasteiger partial charge in [-0.3, -0.25) is 4.79 Å². The molecule has 0 bridgehead atoms. The van der Waals surface area contributed by atoms with E-state index < -0.39 is 0 Å². The third-order valence-corrected chi connectivity index (χ3v) is 2.12. The number of carbonyl (C=O) groups excluding carboxylic acids is 1. The van der Waals surface area contributed by atoms with E-state index in [2.05, 4.69) is 5.32 Å². The zero-order valence-corrected chi connectivity index (χ0v) is 9.17. The number of carbonyl (C=O) groups is 1. The Morgan fingerprint density at radius 2 is 2.33 bits per heavy atom. The van der Waals surface area contributed by atoms with Crippen LogP contribution in [0.25, 0.3) is 0 Å². The first kappa shape index (κ1) is 11.8. The van der Waals surface area contributed by atoms with Gasteiger partial charge in [0.15, 0.2) is 6.61 Å². The van der Waals surface area contributed by atoms with Gasteiger partial charge in [0.1, 0.15) is 5.75 Å². The second kappa shape index (κ2) is 5.58. The number of ether oxygens (including phenoxy) is 1. The van der Waals surface area contributed by atoms with Crippen LogP contribution < -0.4 is 15.8 Å². The van der Waals surface area contributed by atoms with Gasteiger partial charge in [0.2, 0.25) is 0 Å². The van der Waals surface area contributed by atoms with E-state index in [9.17, 15) is 4.79 Å². The zero-order chi connectivity index (χ0) is 11.3. The predicted octanol–water partition coefficient (Wildman–Crippen LogP) is 0.923. The maximum atomic E-state index is 11.0. The van der Waals surface area contributed by atoms with E-state index in [0.29, 0.717) is 17.3 Å². The fourth-order valence-corrected chi connectivity index (χ4v) is 1.21. The Hall–Kier alpha value is -1.26. The smallest absolute Gasteiger partial charge is 0.257 e. The van der Waals surface area contributed by atoms with Crippen LogP contribution in [0.15, 0.2) is 18.2 Å². The van der Waals surface area contributed by atoms with Gasteiger partial charge in [-0.25, -0.2) is 0 Å². The molecule has 0 heterocycles. The van der Waals surface area contributed by atoms with E-state index in [4.69, 9.17) is 22.1 Å². The Kier molecular flexibility index (Phi) is 4.39. The predicted molar refractivity (Wildman–Crippen MR) is 58.9 cm³/mol. The number of hydrogen-bond acceptors (Lipinski definition) is 3. The van der Waals surface area contributed by atoms with Crippen molar-refractivity contribution in [3.05, 3.63) is 28.8 Å². The van der Waals surface area contributed by atoms with E-state index in [1.807, 2.05) is 0 Å². The molecule has 82 valence electrons. The summed E-state index contributed by atoms with van der Waals surface area (Å²) >= 11 is 5.80. The topological polar surface area (TPSA) is 64.3 Å². The SMILES string of the molecule is CNC(=O)COc1cc(Cl)ccc1CN. The monoisotopic (exact) mass is 228 g/mol. The molecule has 1 aromatic rings. The van der Waals surface area contributed by atoms with Crippen molar-refractivity contribution in [3.8, 4) is 5.75 Å². The summed E-state index contributed by atoms with van der Waals surface area (Å²) in [7, 11) is 1.55. The molecule has 0 atom stereocenters. The van der Waals surface area contributed by atoms with Crippen LogP contribution in [0.5, 0.6) is 5.75 Å². The number of halogens is 1. The zero-order valence-electron chi connectivity index (χ0n) is 8.42. The van der Waals surface area contributed by atoms with Crippen LogP contribution in [-0.4, -0.2) is 19.6 Å². The summed E-state index contributed by atoms with van der Waals surface area (Å²) in [6.45, 7) is 0.310. The summed E-state index contributed by atoms with van der Waals surface area (Å²) in [5.74, 6) is 0.353. The van der Waals surface area contributed by atoms with E-state index in [0.717, 1.165) is 5.56 Å². The molecule has 0 aliphatic heterocycles. The molecule has 3 N–H and O–H groups in total. The molecule has 1 rings (SSSR count). The van der Waals surface area contributed by atoms with E-state index in [1.54, 1.807) is 25.2 Å². The van der Waals surface area contributed by atoms with Crippen molar-refractivity contribution in [1.82, 2.24) is 5.32 Å². The number of benzene rings is 1. The third-order valence-electron chi connectivity index (χ3n) is 1.89. The summed E-state index contributed by atoms with van der Waals surface area (Å²) < 4.78 is 5.29. The minimum absolute atomic E-state index is 0.0379.